The van der Waals surface area contributed by atoms with E-state index in [0.29, 0.717) is 0 Å². The van der Waals surface area contributed by atoms with E-state index in [2.05, 4.69) is 33.6 Å². The summed E-state index contributed by atoms with van der Waals surface area (Å²) in [6.07, 6.45) is 0. The van der Waals surface area contributed by atoms with Gasteiger partial charge >= 0.3 is 0 Å². The van der Waals surface area contributed by atoms with Gasteiger partial charge in [-0.2, -0.15) is 11.3 Å². The van der Waals surface area contributed by atoms with Gasteiger partial charge in [-0.3, -0.25) is 0 Å². The zero-order valence-electron chi connectivity index (χ0n) is 8.35. The Morgan fingerprint density at radius 3 is 2.93 bits per heavy atom. The first kappa shape index (κ1) is 10.8. The second kappa shape index (κ2) is 5.42. The Bertz CT molecular complexity index is 367. The molecule has 2 aromatic rings. The SMILES string of the molecule is NC(CNCc1ccsc1)c1cccs1. The average molecular weight is 238 g/mol. The first-order valence-electron chi connectivity index (χ1n) is 4.87. The molecule has 4 heteroatoms. The van der Waals surface area contributed by atoms with Gasteiger partial charge in [-0.25, -0.2) is 0 Å². The van der Waals surface area contributed by atoms with Crippen molar-refractivity contribution in [3.8, 4) is 0 Å². The summed E-state index contributed by atoms with van der Waals surface area (Å²) in [5, 5.41) is 9.68. The fraction of sp³-hybridized carbons (Fsp3) is 0.273. The first-order valence-corrected chi connectivity index (χ1v) is 6.69. The quantitative estimate of drug-likeness (QED) is 0.840. The molecule has 0 radical (unpaired) electrons. The highest BCUT2D eigenvalue weighted by molar-refractivity contribution is 7.10. The molecule has 0 aliphatic heterocycles. The molecule has 0 saturated heterocycles. The van der Waals surface area contributed by atoms with E-state index in [-0.39, 0.29) is 6.04 Å². The van der Waals surface area contributed by atoms with Crippen molar-refractivity contribution >= 4 is 22.7 Å². The molecular weight excluding hydrogens is 224 g/mol. The second-order valence-electron chi connectivity index (χ2n) is 3.38. The molecule has 0 saturated carbocycles. The monoisotopic (exact) mass is 238 g/mol. The third kappa shape index (κ3) is 3.14. The average Bonchev–Trinajstić information content (AvgIpc) is 2.90. The number of nitrogens with one attached hydrogen (secondary N) is 1. The summed E-state index contributed by atoms with van der Waals surface area (Å²) in [5.74, 6) is 0. The molecule has 0 aliphatic rings. The molecule has 15 heavy (non-hydrogen) atoms. The summed E-state index contributed by atoms with van der Waals surface area (Å²) >= 11 is 3.44. The number of hydrogen-bond donors (Lipinski definition) is 2. The van der Waals surface area contributed by atoms with Crippen molar-refractivity contribution in [1.29, 1.82) is 0 Å². The van der Waals surface area contributed by atoms with Gasteiger partial charge in [0.1, 0.15) is 0 Å². The lowest BCUT2D eigenvalue weighted by atomic mass is 10.2. The third-order valence-electron chi connectivity index (χ3n) is 2.18. The standard InChI is InChI=1S/C11H14N2S2/c12-10(11-2-1-4-15-11)7-13-6-9-3-5-14-8-9/h1-5,8,10,13H,6-7,12H2. The zero-order chi connectivity index (χ0) is 10.5. The van der Waals surface area contributed by atoms with Crippen LogP contribution in [-0.4, -0.2) is 6.54 Å². The Morgan fingerprint density at radius 1 is 1.33 bits per heavy atom. The van der Waals surface area contributed by atoms with Crippen LogP contribution in [0.5, 0.6) is 0 Å². The van der Waals surface area contributed by atoms with E-state index in [0.717, 1.165) is 13.1 Å². The van der Waals surface area contributed by atoms with Crippen molar-refractivity contribution < 1.29 is 0 Å². The number of nitrogens with two attached hydrogens (primary N) is 1. The minimum absolute atomic E-state index is 0.114. The smallest absolute Gasteiger partial charge is 0.0516 e. The molecule has 0 spiro atoms. The van der Waals surface area contributed by atoms with Crippen molar-refractivity contribution in [2.24, 2.45) is 5.73 Å². The molecule has 2 nitrogen and oxygen atoms in total. The van der Waals surface area contributed by atoms with Gasteiger partial charge in [0.05, 0.1) is 6.04 Å². The predicted molar refractivity (Wildman–Crippen MR) is 67.3 cm³/mol. The maximum absolute atomic E-state index is 6.03. The first-order chi connectivity index (χ1) is 7.36. The highest BCUT2D eigenvalue weighted by atomic mass is 32.1. The van der Waals surface area contributed by atoms with Gasteiger partial charge < -0.3 is 11.1 Å². The van der Waals surface area contributed by atoms with Crippen molar-refractivity contribution in [2.45, 2.75) is 12.6 Å². The maximum Gasteiger partial charge on any atom is 0.0516 e. The van der Waals surface area contributed by atoms with Crippen LogP contribution in [0, 0.1) is 0 Å². The van der Waals surface area contributed by atoms with E-state index in [1.165, 1.54) is 10.4 Å². The number of hydrogen-bond acceptors (Lipinski definition) is 4. The highest BCUT2D eigenvalue weighted by Gasteiger charge is 2.05. The summed E-state index contributed by atoms with van der Waals surface area (Å²) in [4.78, 5) is 1.24. The van der Waals surface area contributed by atoms with Crippen LogP contribution >= 0.6 is 22.7 Å². The van der Waals surface area contributed by atoms with E-state index in [1.54, 1.807) is 22.7 Å². The van der Waals surface area contributed by atoms with E-state index in [4.69, 9.17) is 5.73 Å². The van der Waals surface area contributed by atoms with E-state index >= 15 is 0 Å². The molecule has 0 bridgehead atoms. The van der Waals surface area contributed by atoms with Gasteiger partial charge in [0, 0.05) is 18.0 Å². The molecule has 0 aromatic carbocycles. The Balaban J connectivity index is 1.74. The summed E-state index contributed by atoms with van der Waals surface area (Å²) < 4.78 is 0. The molecule has 1 atom stereocenters. The van der Waals surface area contributed by atoms with Crippen molar-refractivity contribution in [3.05, 3.63) is 44.8 Å². The maximum atomic E-state index is 6.03. The third-order valence-corrected chi connectivity index (χ3v) is 3.92. The van der Waals surface area contributed by atoms with Crippen LogP contribution in [0.1, 0.15) is 16.5 Å². The van der Waals surface area contributed by atoms with Crippen LogP contribution < -0.4 is 11.1 Å². The lowest BCUT2D eigenvalue weighted by Gasteiger charge is -2.10. The fourth-order valence-corrected chi connectivity index (χ4v) is 2.77. The molecule has 0 fully saturated rings. The molecular formula is C11H14N2S2. The van der Waals surface area contributed by atoms with Crippen molar-refractivity contribution in [2.75, 3.05) is 6.54 Å². The van der Waals surface area contributed by atoms with Crippen LogP contribution in [-0.2, 0) is 6.54 Å². The lowest BCUT2D eigenvalue weighted by Crippen LogP contribution is -2.25. The molecule has 0 amide bonds. The predicted octanol–water partition coefficient (Wildman–Crippen LogP) is 2.60. The second-order valence-corrected chi connectivity index (χ2v) is 5.14. The van der Waals surface area contributed by atoms with Gasteiger partial charge in [-0.05, 0) is 33.8 Å². The van der Waals surface area contributed by atoms with E-state index in [9.17, 15) is 0 Å². The van der Waals surface area contributed by atoms with Crippen LogP contribution in [0.4, 0.5) is 0 Å². The minimum Gasteiger partial charge on any atom is -0.322 e. The van der Waals surface area contributed by atoms with Crippen LogP contribution in [0.25, 0.3) is 0 Å². The largest absolute Gasteiger partial charge is 0.322 e. The van der Waals surface area contributed by atoms with E-state index < -0.39 is 0 Å². The lowest BCUT2D eigenvalue weighted by molar-refractivity contribution is 0.605. The molecule has 1 unspecified atom stereocenters. The van der Waals surface area contributed by atoms with E-state index in [1.807, 2.05) is 6.07 Å². The minimum atomic E-state index is 0.114. The van der Waals surface area contributed by atoms with Crippen molar-refractivity contribution in [3.63, 3.8) is 0 Å². The summed E-state index contributed by atoms with van der Waals surface area (Å²) in [6, 6.07) is 6.37. The molecule has 2 aromatic heterocycles. The fourth-order valence-electron chi connectivity index (χ4n) is 1.37. The van der Waals surface area contributed by atoms with Gasteiger partial charge in [0.2, 0.25) is 0 Å². The van der Waals surface area contributed by atoms with Crippen LogP contribution in [0.15, 0.2) is 34.3 Å². The van der Waals surface area contributed by atoms with Gasteiger partial charge in [0.25, 0.3) is 0 Å². The summed E-state index contributed by atoms with van der Waals surface area (Å²) in [5.41, 5.74) is 7.36. The Kier molecular flexibility index (Phi) is 3.91. The van der Waals surface area contributed by atoms with Gasteiger partial charge in [-0.1, -0.05) is 6.07 Å². The molecule has 2 rings (SSSR count). The highest BCUT2D eigenvalue weighted by Crippen LogP contribution is 2.15. The van der Waals surface area contributed by atoms with Crippen LogP contribution in [0.2, 0.25) is 0 Å². The Labute approximate surface area is 97.8 Å². The topological polar surface area (TPSA) is 38.0 Å². The summed E-state index contributed by atoms with van der Waals surface area (Å²) in [6.45, 7) is 1.74. The molecule has 0 aliphatic carbocycles. The normalized spacial score (nSPS) is 12.9. The zero-order valence-corrected chi connectivity index (χ0v) is 9.98. The number of thiophene rings is 2. The van der Waals surface area contributed by atoms with Gasteiger partial charge in [0.15, 0.2) is 0 Å². The Hall–Kier alpha value is -0.680. The van der Waals surface area contributed by atoms with Crippen molar-refractivity contribution in [1.82, 2.24) is 5.32 Å². The Morgan fingerprint density at radius 2 is 2.27 bits per heavy atom. The molecule has 3 N–H and O–H groups in total. The summed E-state index contributed by atoms with van der Waals surface area (Å²) in [7, 11) is 0. The number of rotatable bonds is 5. The van der Waals surface area contributed by atoms with Crippen LogP contribution in [0.3, 0.4) is 0 Å². The van der Waals surface area contributed by atoms with Gasteiger partial charge in [-0.15, -0.1) is 11.3 Å². The molecule has 80 valence electrons. The molecule has 2 heterocycles.